The maximum absolute atomic E-state index is 9.07. The number of hydrogen-bond acceptors (Lipinski definition) is 4. The van der Waals surface area contributed by atoms with E-state index in [2.05, 4.69) is 6.58 Å². The van der Waals surface area contributed by atoms with E-state index in [1.165, 1.54) is 21.3 Å². The predicted octanol–water partition coefficient (Wildman–Crippen LogP) is 0.419. The molecule has 1 aromatic carbocycles. The maximum atomic E-state index is 9.07. The first-order valence-electron chi connectivity index (χ1n) is 4.31. The van der Waals surface area contributed by atoms with Gasteiger partial charge in [0.1, 0.15) is 0 Å². The third kappa shape index (κ3) is 1.83. The van der Waals surface area contributed by atoms with Gasteiger partial charge in [-0.15, -0.1) is 0 Å². The van der Waals surface area contributed by atoms with Crippen LogP contribution in [-0.2, 0) is 0 Å². The minimum absolute atomic E-state index is 0.407. The molecular formula is C11H14O4. The zero-order valence-corrected chi connectivity index (χ0v) is 9.03. The summed E-state index contributed by atoms with van der Waals surface area (Å²) in [6, 6.07) is 1.67. The molecule has 4 heteroatoms. The molecule has 1 N–H and O–H groups in total. The van der Waals surface area contributed by atoms with E-state index >= 15 is 0 Å². The summed E-state index contributed by atoms with van der Waals surface area (Å²) in [5.74, 6) is 1.36. The number of hydrogen-bond donors (Lipinski definition) is 1. The molecule has 0 saturated heterocycles. The quantitative estimate of drug-likeness (QED) is 0.785. The second kappa shape index (κ2) is 4.59. The summed E-state index contributed by atoms with van der Waals surface area (Å²) in [6.45, 7) is 3.78. The molecule has 1 aromatic rings. The molecule has 0 aliphatic rings. The molecule has 0 aromatic heterocycles. The first-order chi connectivity index (χ1) is 7.19. The van der Waals surface area contributed by atoms with E-state index in [1.54, 1.807) is 6.07 Å². The van der Waals surface area contributed by atoms with Crippen molar-refractivity contribution in [2.45, 2.75) is 0 Å². The fourth-order valence-corrected chi connectivity index (χ4v) is 1.37. The topological polar surface area (TPSA) is 47.9 Å². The Labute approximate surface area is 88.0 Å². The fraction of sp³-hybridized carbons (Fsp3) is 0.273. The summed E-state index contributed by atoms with van der Waals surface area (Å²) in [7, 11) is 4.52. The third-order valence-corrected chi connectivity index (χ3v) is 2.08. The average Bonchev–Trinajstić information content (AvgIpc) is 2.27. The van der Waals surface area contributed by atoms with Gasteiger partial charge in [0.25, 0.3) is 0 Å². The van der Waals surface area contributed by atoms with E-state index in [0.29, 0.717) is 27.7 Å². The van der Waals surface area contributed by atoms with E-state index in [4.69, 9.17) is 19.3 Å². The van der Waals surface area contributed by atoms with Crippen LogP contribution in [0.1, 0.15) is 0 Å². The highest BCUT2D eigenvalue weighted by molar-refractivity contribution is 5.54. The highest BCUT2D eigenvalue weighted by Gasteiger charge is 2.12. The Morgan fingerprint density at radius 2 is 1.73 bits per heavy atom. The minimum Gasteiger partial charge on any atom is -0.515 e. The molecule has 0 amide bonds. The lowest BCUT2D eigenvalue weighted by atomic mass is 10.2. The largest absolute Gasteiger partial charge is 0.515 e. The van der Waals surface area contributed by atoms with Crippen molar-refractivity contribution in [1.82, 2.24) is 0 Å². The van der Waals surface area contributed by atoms with Crippen LogP contribution in [0, 0.1) is 0 Å². The highest BCUT2D eigenvalue weighted by Crippen LogP contribution is 2.31. The van der Waals surface area contributed by atoms with Crippen molar-refractivity contribution in [3.63, 3.8) is 0 Å². The summed E-state index contributed by atoms with van der Waals surface area (Å²) in [5, 5.41) is 10.2. The van der Waals surface area contributed by atoms with Crippen LogP contribution in [0.25, 0.3) is 12.8 Å². The van der Waals surface area contributed by atoms with Crippen molar-refractivity contribution in [2.24, 2.45) is 0 Å². The lowest BCUT2D eigenvalue weighted by molar-refractivity contribution is 0.321. The van der Waals surface area contributed by atoms with Gasteiger partial charge >= 0.3 is 0 Å². The van der Waals surface area contributed by atoms with Gasteiger partial charge in [0.05, 0.1) is 32.8 Å². The van der Waals surface area contributed by atoms with Crippen LogP contribution >= 0.6 is 0 Å². The van der Waals surface area contributed by atoms with Gasteiger partial charge < -0.3 is 19.3 Å². The van der Waals surface area contributed by atoms with Crippen molar-refractivity contribution in [1.29, 1.82) is 0 Å². The SMILES string of the molecule is C=c1cc(OC)c(OC)c(OC)/c1=C/O. The zero-order valence-electron chi connectivity index (χ0n) is 9.03. The van der Waals surface area contributed by atoms with Gasteiger partial charge in [0, 0.05) is 0 Å². The minimum atomic E-state index is 0.407. The molecule has 0 aliphatic heterocycles. The van der Waals surface area contributed by atoms with Crippen molar-refractivity contribution in [3.05, 3.63) is 16.5 Å². The first-order valence-corrected chi connectivity index (χ1v) is 4.31. The molecule has 1 rings (SSSR count). The molecular weight excluding hydrogens is 196 g/mol. The lowest BCUT2D eigenvalue weighted by Gasteiger charge is -2.12. The Kier molecular flexibility index (Phi) is 3.44. The molecule has 0 fully saturated rings. The van der Waals surface area contributed by atoms with E-state index in [9.17, 15) is 0 Å². The normalized spacial score (nSPS) is 11.3. The standard InChI is InChI=1S/C11H14O4/c1-7-5-9(13-2)11(15-4)10(14-3)8(7)6-12/h5-6,12H,1H2,2-4H3/b8-6+. The van der Waals surface area contributed by atoms with Crippen molar-refractivity contribution < 1.29 is 19.3 Å². The van der Waals surface area contributed by atoms with Crippen LogP contribution in [0.2, 0.25) is 0 Å². The molecule has 0 saturated carbocycles. The van der Waals surface area contributed by atoms with Crippen LogP contribution in [0.15, 0.2) is 6.07 Å². The molecule has 0 atom stereocenters. The van der Waals surface area contributed by atoms with Gasteiger partial charge in [0.15, 0.2) is 11.5 Å². The van der Waals surface area contributed by atoms with E-state index in [-0.39, 0.29) is 0 Å². The summed E-state index contributed by atoms with van der Waals surface area (Å²) in [5.41, 5.74) is 0. The van der Waals surface area contributed by atoms with Crippen LogP contribution in [0.5, 0.6) is 17.2 Å². The molecule has 15 heavy (non-hydrogen) atoms. The molecule has 0 spiro atoms. The Morgan fingerprint density at radius 1 is 1.13 bits per heavy atom. The molecule has 0 unspecified atom stereocenters. The second-order valence-electron chi connectivity index (χ2n) is 2.85. The van der Waals surface area contributed by atoms with Crippen molar-refractivity contribution in [3.8, 4) is 17.2 Å². The first kappa shape index (κ1) is 11.2. The Morgan fingerprint density at radius 3 is 2.13 bits per heavy atom. The summed E-state index contributed by atoms with van der Waals surface area (Å²) >= 11 is 0. The van der Waals surface area contributed by atoms with Crippen LogP contribution in [-0.4, -0.2) is 26.4 Å². The Balaban J connectivity index is 3.68. The highest BCUT2D eigenvalue weighted by atomic mass is 16.5. The van der Waals surface area contributed by atoms with E-state index in [0.717, 1.165) is 6.26 Å². The lowest BCUT2D eigenvalue weighted by Crippen LogP contribution is -2.26. The molecule has 0 radical (unpaired) electrons. The van der Waals surface area contributed by atoms with Crippen LogP contribution < -0.4 is 24.6 Å². The smallest absolute Gasteiger partial charge is 0.204 e. The number of aliphatic hydroxyl groups excluding tert-OH is 1. The summed E-state index contributed by atoms with van der Waals surface area (Å²) in [4.78, 5) is 0. The number of methoxy groups -OCH3 is 3. The number of rotatable bonds is 3. The van der Waals surface area contributed by atoms with Gasteiger partial charge in [-0.1, -0.05) is 6.58 Å². The zero-order chi connectivity index (χ0) is 11.4. The fourth-order valence-electron chi connectivity index (χ4n) is 1.37. The summed E-state index contributed by atoms with van der Waals surface area (Å²) < 4.78 is 15.4. The Hall–Kier alpha value is -1.84. The summed E-state index contributed by atoms with van der Waals surface area (Å²) in [6.07, 6.45) is 0.934. The molecule has 4 nitrogen and oxygen atoms in total. The van der Waals surface area contributed by atoms with Gasteiger partial charge in [-0.3, -0.25) is 0 Å². The second-order valence-corrected chi connectivity index (χ2v) is 2.85. The predicted molar refractivity (Wildman–Crippen MR) is 58.0 cm³/mol. The van der Waals surface area contributed by atoms with Crippen LogP contribution in [0.3, 0.4) is 0 Å². The number of ether oxygens (including phenoxy) is 3. The monoisotopic (exact) mass is 210 g/mol. The van der Waals surface area contributed by atoms with Gasteiger partial charge in [-0.25, -0.2) is 0 Å². The van der Waals surface area contributed by atoms with Crippen molar-refractivity contribution >= 4 is 12.8 Å². The molecule has 82 valence electrons. The molecule has 0 bridgehead atoms. The number of aliphatic hydroxyl groups is 1. The third-order valence-electron chi connectivity index (χ3n) is 2.08. The maximum Gasteiger partial charge on any atom is 0.204 e. The van der Waals surface area contributed by atoms with Gasteiger partial charge in [-0.05, 0) is 11.3 Å². The van der Waals surface area contributed by atoms with Crippen LogP contribution in [0.4, 0.5) is 0 Å². The van der Waals surface area contributed by atoms with Gasteiger partial charge in [-0.2, -0.15) is 0 Å². The average molecular weight is 210 g/mol. The van der Waals surface area contributed by atoms with E-state index in [1.807, 2.05) is 0 Å². The molecule has 0 aliphatic carbocycles. The van der Waals surface area contributed by atoms with Crippen molar-refractivity contribution in [2.75, 3.05) is 21.3 Å². The molecule has 0 heterocycles. The van der Waals surface area contributed by atoms with E-state index < -0.39 is 0 Å². The Bertz CT molecular complexity index is 451. The van der Waals surface area contributed by atoms with Gasteiger partial charge in [0.2, 0.25) is 5.75 Å². The number of benzene rings is 1.